The smallest absolute Gasteiger partial charge is 0.137 e. The van der Waals surface area contributed by atoms with E-state index >= 15 is 0 Å². The van der Waals surface area contributed by atoms with Gasteiger partial charge in [-0.2, -0.15) is 0 Å². The zero-order chi connectivity index (χ0) is 12.1. The van der Waals surface area contributed by atoms with Crippen LogP contribution in [0.15, 0.2) is 18.2 Å². The quantitative estimate of drug-likeness (QED) is 0.802. The number of halogens is 1. The van der Waals surface area contributed by atoms with E-state index in [0.29, 0.717) is 12.4 Å². The lowest BCUT2D eigenvalue weighted by Gasteiger charge is -2.12. The van der Waals surface area contributed by atoms with Gasteiger partial charge in [0.2, 0.25) is 0 Å². The molecule has 1 aromatic carbocycles. The van der Waals surface area contributed by atoms with E-state index in [9.17, 15) is 4.39 Å². The first-order valence-electron chi connectivity index (χ1n) is 4.79. The molecule has 0 saturated heterocycles. The predicted octanol–water partition coefficient (Wildman–Crippen LogP) is 1.87. The Labute approximate surface area is 99.3 Å². The first-order valence-corrected chi connectivity index (χ1v) is 5.20. The van der Waals surface area contributed by atoms with Crippen LogP contribution in [0.2, 0.25) is 0 Å². The molecule has 0 aliphatic carbocycles. The van der Waals surface area contributed by atoms with Crippen molar-refractivity contribution in [1.82, 2.24) is 0 Å². The summed E-state index contributed by atoms with van der Waals surface area (Å²) in [6.45, 7) is 2.22. The molecule has 0 heterocycles. The van der Waals surface area contributed by atoms with E-state index in [1.165, 1.54) is 12.1 Å². The molecule has 0 aromatic heterocycles. The fraction of sp³-hybridized carbons (Fsp3) is 0.364. The first kappa shape index (κ1) is 12.9. The second kappa shape index (κ2) is 5.77. The minimum atomic E-state index is -0.477. The number of methoxy groups -OCH3 is 1. The predicted molar refractivity (Wildman–Crippen MR) is 64.3 cm³/mol. The van der Waals surface area contributed by atoms with Crippen molar-refractivity contribution in [1.29, 1.82) is 0 Å². The third-order valence-corrected chi connectivity index (χ3v) is 2.31. The van der Waals surface area contributed by atoms with E-state index in [0.717, 1.165) is 0 Å². The Morgan fingerprint density at radius 1 is 1.56 bits per heavy atom. The number of rotatable bonds is 5. The minimum Gasteiger partial charge on any atom is -0.491 e. The molecule has 0 spiro atoms. The summed E-state index contributed by atoms with van der Waals surface area (Å²) in [7, 11) is 1.59. The number of hydrogen-bond donors (Lipinski definition) is 1. The van der Waals surface area contributed by atoms with E-state index in [4.69, 9.17) is 27.4 Å². The van der Waals surface area contributed by atoms with Crippen molar-refractivity contribution in [3.63, 3.8) is 0 Å². The molecule has 0 saturated carbocycles. The lowest BCUT2D eigenvalue weighted by molar-refractivity contribution is 0.0715. The number of thiocarbonyl (C=S) groups is 1. The largest absolute Gasteiger partial charge is 0.491 e. The summed E-state index contributed by atoms with van der Waals surface area (Å²) in [5.74, 6) is -0.0449. The Hall–Kier alpha value is -1.20. The second-order valence-electron chi connectivity index (χ2n) is 3.36. The van der Waals surface area contributed by atoms with Gasteiger partial charge in [0.15, 0.2) is 0 Å². The maximum absolute atomic E-state index is 13.4. The number of nitrogens with two attached hydrogens (primary N) is 1. The van der Waals surface area contributed by atoms with E-state index in [2.05, 4.69) is 0 Å². The van der Waals surface area contributed by atoms with E-state index in [1.807, 2.05) is 6.92 Å². The molecule has 0 aliphatic rings. The van der Waals surface area contributed by atoms with E-state index in [-0.39, 0.29) is 16.7 Å². The molecule has 3 nitrogen and oxygen atoms in total. The van der Waals surface area contributed by atoms with Crippen LogP contribution in [-0.4, -0.2) is 24.8 Å². The van der Waals surface area contributed by atoms with Crippen LogP contribution in [0.1, 0.15) is 12.5 Å². The summed E-state index contributed by atoms with van der Waals surface area (Å²) in [6, 6.07) is 4.39. The lowest BCUT2D eigenvalue weighted by Crippen LogP contribution is -2.16. The molecular weight excluding hydrogens is 229 g/mol. The molecule has 0 radical (unpaired) electrons. The van der Waals surface area contributed by atoms with Crippen LogP contribution in [0.5, 0.6) is 5.75 Å². The molecule has 1 unspecified atom stereocenters. The molecule has 16 heavy (non-hydrogen) atoms. The Kier molecular flexibility index (Phi) is 4.64. The van der Waals surface area contributed by atoms with Crippen molar-refractivity contribution in [3.8, 4) is 5.75 Å². The number of hydrogen-bond acceptors (Lipinski definition) is 3. The molecule has 1 atom stereocenters. The fourth-order valence-electron chi connectivity index (χ4n) is 1.07. The average molecular weight is 243 g/mol. The van der Waals surface area contributed by atoms with Crippen molar-refractivity contribution in [2.24, 2.45) is 5.73 Å². The van der Waals surface area contributed by atoms with Crippen molar-refractivity contribution < 1.29 is 13.9 Å². The van der Waals surface area contributed by atoms with Crippen LogP contribution < -0.4 is 10.5 Å². The average Bonchev–Trinajstić information content (AvgIpc) is 2.25. The Morgan fingerprint density at radius 2 is 2.25 bits per heavy atom. The van der Waals surface area contributed by atoms with Crippen LogP contribution in [0.3, 0.4) is 0 Å². The summed E-state index contributed by atoms with van der Waals surface area (Å²) in [5, 5.41) is 0. The van der Waals surface area contributed by atoms with Crippen molar-refractivity contribution in [2.75, 3.05) is 13.7 Å². The van der Waals surface area contributed by atoms with Crippen LogP contribution >= 0.6 is 12.2 Å². The molecule has 0 amide bonds. The van der Waals surface area contributed by atoms with Gasteiger partial charge >= 0.3 is 0 Å². The molecule has 0 fully saturated rings. The highest BCUT2D eigenvalue weighted by Gasteiger charge is 2.07. The summed E-state index contributed by atoms with van der Waals surface area (Å²) < 4.78 is 23.8. The summed E-state index contributed by atoms with van der Waals surface area (Å²) >= 11 is 4.69. The van der Waals surface area contributed by atoms with Gasteiger partial charge < -0.3 is 15.2 Å². The molecule has 0 bridgehead atoms. The first-order chi connectivity index (χ1) is 7.54. The van der Waals surface area contributed by atoms with Crippen LogP contribution in [0, 0.1) is 5.82 Å². The lowest BCUT2D eigenvalue weighted by atomic mass is 10.2. The van der Waals surface area contributed by atoms with Crippen LogP contribution in [0.25, 0.3) is 0 Å². The van der Waals surface area contributed by atoms with Crippen LogP contribution in [0.4, 0.5) is 4.39 Å². The molecule has 88 valence electrons. The summed E-state index contributed by atoms with van der Waals surface area (Å²) in [6.07, 6.45) is -0.0432. The van der Waals surface area contributed by atoms with Gasteiger partial charge in [0.25, 0.3) is 0 Å². The maximum Gasteiger partial charge on any atom is 0.137 e. The molecule has 1 rings (SSSR count). The molecule has 2 N–H and O–H groups in total. The van der Waals surface area contributed by atoms with Gasteiger partial charge in [0.05, 0.1) is 6.10 Å². The second-order valence-corrected chi connectivity index (χ2v) is 3.80. The van der Waals surface area contributed by atoms with Crippen LogP contribution in [-0.2, 0) is 4.74 Å². The standard InChI is InChI=1S/C11H14FNO2S/c1-7(14-2)6-15-8-3-4-9(11(13)16)10(12)5-8/h3-5,7H,6H2,1-2H3,(H2,13,16). The van der Waals surface area contributed by atoms with Gasteiger partial charge in [-0.05, 0) is 19.1 Å². The van der Waals surface area contributed by atoms with Gasteiger partial charge in [0, 0.05) is 18.7 Å². The molecule has 0 aliphatic heterocycles. The fourth-order valence-corrected chi connectivity index (χ4v) is 1.23. The number of benzene rings is 1. The Bertz CT molecular complexity index is 384. The van der Waals surface area contributed by atoms with Gasteiger partial charge in [-0.25, -0.2) is 4.39 Å². The van der Waals surface area contributed by atoms with Crippen molar-refractivity contribution in [2.45, 2.75) is 13.0 Å². The van der Waals surface area contributed by atoms with E-state index in [1.54, 1.807) is 13.2 Å². The Morgan fingerprint density at radius 3 is 2.75 bits per heavy atom. The van der Waals surface area contributed by atoms with E-state index < -0.39 is 5.82 Å². The Balaban J connectivity index is 2.70. The normalized spacial score (nSPS) is 12.2. The summed E-state index contributed by atoms with van der Waals surface area (Å²) in [4.78, 5) is 0.0364. The highest BCUT2D eigenvalue weighted by Crippen LogP contribution is 2.16. The van der Waals surface area contributed by atoms with Gasteiger partial charge in [-0.1, -0.05) is 12.2 Å². The van der Waals surface area contributed by atoms with Gasteiger partial charge in [-0.15, -0.1) is 0 Å². The number of ether oxygens (including phenoxy) is 2. The monoisotopic (exact) mass is 243 g/mol. The van der Waals surface area contributed by atoms with Crippen molar-refractivity contribution in [3.05, 3.63) is 29.6 Å². The molecular formula is C11H14FNO2S. The zero-order valence-electron chi connectivity index (χ0n) is 9.20. The SMILES string of the molecule is COC(C)COc1ccc(C(N)=S)c(F)c1. The van der Waals surface area contributed by atoms with Gasteiger partial charge in [-0.3, -0.25) is 0 Å². The maximum atomic E-state index is 13.4. The zero-order valence-corrected chi connectivity index (χ0v) is 10.0. The highest BCUT2D eigenvalue weighted by molar-refractivity contribution is 7.80. The molecule has 1 aromatic rings. The summed E-state index contributed by atoms with van der Waals surface area (Å²) in [5.41, 5.74) is 5.56. The van der Waals surface area contributed by atoms with Crippen molar-refractivity contribution >= 4 is 17.2 Å². The topological polar surface area (TPSA) is 44.5 Å². The van der Waals surface area contributed by atoms with Gasteiger partial charge in [0.1, 0.15) is 23.2 Å². The third kappa shape index (κ3) is 3.43. The molecule has 5 heteroatoms. The third-order valence-electron chi connectivity index (χ3n) is 2.09. The minimum absolute atomic E-state index is 0.0364. The highest BCUT2D eigenvalue weighted by atomic mass is 32.1.